The second-order valence-corrected chi connectivity index (χ2v) is 6.36. The Morgan fingerprint density at radius 2 is 1.63 bits per heavy atom. The van der Waals surface area contributed by atoms with Crippen molar-refractivity contribution in [3.8, 4) is 5.75 Å². The van der Waals surface area contributed by atoms with E-state index < -0.39 is 17.8 Å². The third-order valence-corrected chi connectivity index (χ3v) is 4.87. The van der Waals surface area contributed by atoms with Crippen LogP contribution in [0.1, 0.15) is 31.2 Å². The monoisotopic (exact) mass is 389 g/mol. The van der Waals surface area contributed by atoms with Gasteiger partial charge in [0.1, 0.15) is 15.6 Å². The van der Waals surface area contributed by atoms with Crippen molar-refractivity contribution in [1.29, 1.82) is 0 Å². The van der Waals surface area contributed by atoms with Crippen LogP contribution in [0.15, 0.2) is 30.3 Å². The molecule has 0 aliphatic carbocycles. The average Bonchev–Trinajstić information content (AvgIpc) is 3.01. The molecule has 1 aromatic carbocycles. The molecule has 2 rings (SSSR count). The van der Waals surface area contributed by atoms with E-state index in [-0.39, 0.29) is 15.4 Å². The maximum absolute atomic E-state index is 12.2. The molecule has 1 amide bonds. The molecule has 0 bridgehead atoms. The van der Waals surface area contributed by atoms with Crippen LogP contribution in [0.5, 0.6) is 5.75 Å². The van der Waals surface area contributed by atoms with Gasteiger partial charge in [-0.1, -0.05) is 12.1 Å². The number of ether oxygens (including phenoxy) is 3. The normalized spacial score (nSPS) is 10.5. The quantitative estimate of drug-likeness (QED) is 0.602. The van der Waals surface area contributed by atoms with Gasteiger partial charge in [0.15, 0.2) is 0 Å². The molecular formula is C19H19NO6S. The summed E-state index contributed by atoms with van der Waals surface area (Å²) in [6, 6.07) is 7.15. The van der Waals surface area contributed by atoms with Crippen molar-refractivity contribution < 1.29 is 28.6 Å². The molecule has 8 heteroatoms. The van der Waals surface area contributed by atoms with Gasteiger partial charge < -0.3 is 19.5 Å². The highest BCUT2D eigenvalue weighted by Crippen LogP contribution is 2.34. The number of hydrogen-bond acceptors (Lipinski definition) is 7. The minimum atomic E-state index is -0.645. The lowest BCUT2D eigenvalue weighted by Crippen LogP contribution is -2.11. The highest BCUT2D eigenvalue weighted by Gasteiger charge is 2.26. The molecule has 2 aromatic rings. The smallest absolute Gasteiger partial charge is 0.348 e. The van der Waals surface area contributed by atoms with Gasteiger partial charge in [0.2, 0.25) is 5.91 Å². The van der Waals surface area contributed by atoms with E-state index >= 15 is 0 Å². The van der Waals surface area contributed by atoms with Crippen molar-refractivity contribution in [3.63, 3.8) is 0 Å². The molecule has 0 saturated carbocycles. The second-order valence-electron chi connectivity index (χ2n) is 5.34. The fourth-order valence-electron chi connectivity index (χ4n) is 2.28. The maximum Gasteiger partial charge on any atom is 0.348 e. The number of amides is 1. The predicted octanol–water partition coefficient (Wildman–Crippen LogP) is 3.29. The Morgan fingerprint density at radius 3 is 2.19 bits per heavy atom. The number of rotatable bonds is 6. The molecule has 1 heterocycles. The highest BCUT2D eigenvalue weighted by molar-refractivity contribution is 7.18. The Hall–Kier alpha value is -3.13. The number of thiophene rings is 1. The summed E-state index contributed by atoms with van der Waals surface area (Å²) in [6.07, 6.45) is 2.95. The Labute approximate surface area is 160 Å². The minimum Gasteiger partial charge on any atom is -0.497 e. The van der Waals surface area contributed by atoms with Gasteiger partial charge in [0.25, 0.3) is 0 Å². The fraction of sp³-hybridized carbons (Fsp3) is 0.211. The predicted molar refractivity (Wildman–Crippen MR) is 102 cm³/mol. The van der Waals surface area contributed by atoms with Crippen molar-refractivity contribution in [2.24, 2.45) is 0 Å². The minimum absolute atomic E-state index is 0.133. The lowest BCUT2D eigenvalue weighted by molar-refractivity contribution is -0.111. The number of esters is 2. The zero-order valence-corrected chi connectivity index (χ0v) is 16.1. The van der Waals surface area contributed by atoms with E-state index in [1.165, 1.54) is 20.3 Å². The molecule has 0 aliphatic rings. The number of nitrogens with one attached hydrogen (secondary N) is 1. The topological polar surface area (TPSA) is 90.9 Å². The van der Waals surface area contributed by atoms with Crippen LogP contribution in [0.25, 0.3) is 6.08 Å². The van der Waals surface area contributed by atoms with Crippen molar-refractivity contribution in [2.75, 3.05) is 26.6 Å². The third-order valence-electron chi connectivity index (χ3n) is 3.69. The Balaban J connectivity index is 2.24. The molecular weight excluding hydrogens is 370 g/mol. The lowest BCUT2D eigenvalue weighted by Gasteiger charge is -2.04. The summed E-state index contributed by atoms with van der Waals surface area (Å²) in [4.78, 5) is 36.4. The van der Waals surface area contributed by atoms with E-state index in [2.05, 4.69) is 5.32 Å². The highest BCUT2D eigenvalue weighted by atomic mass is 32.1. The van der Waals surface area contributed by atoms with E-state index in [1.807, 2.05) is 0 Å². The van der Waals surface area contributed by atoms with Crippen LogP contribution in [0.2, 0.25) is 0 Å². The summed E-state index contributed by atoms with van der Waals surface area (Å²) in [6.45, 7) is 1.60. The van der Waals surface area contributed by atoms with E-state index in [0.717, 1.165) is 16.9 Å². The number of methoxy groups -OCH3 is 3. The van der Waals surface area contributed by atoms with Crippen molar-refractivity contribution >= 4 is 40.3 Å². The zero-order chi connectivity index (χ0) is 20.0. The van der Waals surface area contributed by atoms with Crippen LogP contribution in [0.3, 0.4) is 0 Å². The molecule has 27 heavy (non-hydrogen) atoms. The van der Waals surface area contributed by atoms with Crippen molar-refractivity contribution in [1.82, 2.24) is 0 Å². The van der Waals surface area contributed by atoms with Crippen LogP contribution in [0.4, 0.5) is 5.00 Å². The SMILES string of the molecule is COC(=O)c1sc(NC(=O)/C=C/c2ccc(OC)cc2)c(C(=O)OC)c1C. The van der Waals surface area contributed by atoms with Crippen LogP contribution >= 0.6 is 11.3 Å². The third kappa shape index (κ3) is 4.73. The number of carbonyl (C=O) groups is 3. The number of anilines is 1. The number of carbonyl (C=O) groups excluding carboxylic acids is 3. The van der Waals surface area contributed by atoms with Gasteiger partial charge in [-0.15, -0.1) is 11.3 Å². The molecule has 0 spiro atoms. The molecule has 0 aliphatic heterocycles. The Morgan fingerprint density at radius 1 is 1.00 bits per heavy atom. The first-order chi connectivity index (χ1) is 12.9. The first kappa shape index (κ1) is 20.2. The average molecular weight is 389 g/mol. The molecule has 0 atom stereocenters. The Kier molecular flexibility index (Phi) is 6.73. The van der Waals surface area contributed by atoms with Gasteiger partial charge >= 0.3 is 11.9 Å². The summed E-state index contributed by atoms with van der Waals surface area (Å²) < 4.78 is 14.5. The summed E-state index contributed by atoms with van der Waals surface area (Å²) in [5.41, 5.74) is 1.33. The van der Waals surface area contributed by atoms with E-state index in [9.17, 15) is 14.4 Å². The van der Waals surface area contributed by atoms with Crippen LogP contribution in [0, 0.1) is 6.92 Å². The maximum atomic E-state index is 12.2. The molecule has 0 saturated heterocycles. The molecule has 0 radical (unpaired) electrons. The summed E-state index contributed by atoms with van der Waals surface area (Å²) in [5, 5.41) is 2.84. The molecule has 1 N–H and O–H groups in total. The summed E-state index contributed by atoms with van der Waals surface area (Å²) >= 11 is 0.960. The van der Waals surface area contributed by atoms with E-state index in [0.29, 0.717) is 11.3 Å². The Bertz CT molecular complexity index is 882. The number of benzene rings is 1. The number of hydrogen-bond donors (Lipinski definition) is 1. The van der Waals surface area contributed by atoms with Gasteiger partial charge in [-0.25, -0.2) is 9.59 Å². The van der Waals surface area contributed by atoms with Crippen LogP contribution < -0.4 is 10.1 Å². The largest absolute Gasteiger partial charge is 0.497 e. The molecule has 7 nitrogen and oxygen atoms in total. The van der Waals surface area contributed by atoms with Gasteiger partial charge in [0.05, 0.1) is 26.9 Å². The van der Waals surface area contributed by atoms with Crippen LogP contribution in [-0.4, -0.2) is 39.2 Å². The van der Waals surface area contributed by atoms with Crippen molar-refractivity contribution in [2.45, 2.75) is 6.92 Å². The lowest BCUT2D eigenvalue weighted by atomic mass is 10.1. The summed E-state index contributed by atoms with van der Waals surface area (Å²) in [7, 11) is 4.05. The first-order valence-corrected chi connectivity index (χ1v) is 8.66. The van der Waals surface area contributed by atoms with E-state index in [1.54, 1.807) is 44.4 Å². The van der Waals surface area contributed by atoms with Gasteiger partial charge in [-0.2, -0.15) is 0 Å². The summed E-state index contributed by atoms with van der Waals surface area (Å²) in [5.74, 6) is -0.970. The van der Waals surface area contributed by atoms with Crippen LogP contribution in [-0.2, 0) is 14.3 Å². The van der Waals surface area contributed by atoms with Gasteiger partial charge in [-0.3, -0.25) is 4.79 Å². The zero-order valence-electron chi connectivity index (χ0n) is 15.3. The standard InChI is InChI=1S/C19H19NO6S/c1-11-15(18(22)25-3)17(27-16(11)19(23)26-4)20-14(21)10-7-12-5-8-13(24-2)9-6-12/h5-10H,1-4H3,(H,20,21)/b10-7+. The molecule has 0 fully saturated rings. The molecule has 1 aromatic heterocycles. The van der Waals surface area contributed by atoms with Crippen molar-refractivity contribution in [3.05, 3.63) is 51.9 Å². The second kappa shape index (κ2) is 9.00. The molecule has 142 valence electrons. The molecule has 0 unspecified atom stereocenters. The van der Waals surface area contributed by atoms with E-state index in [4.69, 9.17) is 14.2 Å². The van der Waals surface area contributed by atoms with Gasteiger partial charge in [0, 0.05) is 6.08 Å². The van der Waals surface area contributed by atoms with Gasteiger partial charge in [-0.05, 0) is 36.3 Å². The fourth-order valence-corrected chi connectivity index (χ4v) is 3.39. The first-order valence-electron chi connectivity index (χ1n) is 7.84.